The molecule has 1 aliphatic rings. The van der Waals surface area contributed by atoms with E-state index in [1.165, 1.54) is 23.9 Å². The molecule has 0 radical (unpaired) electrons. The molecule has 1 aliphatic heterocycles. The Kier molecular flexibility index (Phi) is 4.50. The first-order valence-electron chi connectivity index (χ1n) is 7.19. The maximum Gasteiger partial charge on any atom is 0.269 e. The average Bonchev–Trinajstić information content (AvgIpc) is 3.12. The number of carbonyl (C=O) groups excluding carboxylic acids is 1. The fraction of sp³-hybridized carbons (Fsp3) is 0.125. The maximum atomic E-state index is 12.3. The third-order valence-electron chi connectivity index (χ3n) is 3.59. The van der Waals surface area contributed by atoms with Crippen molar-refractivity contribution in [2.24, 2.45) is 0 Å². The number of hydrogen-bond acceptors (Lipinski definition) is 5. The minimum atomic E-state index is -0.434. The molecule has 3 rings (SSSR count). The van der Waals surface area contributed by atoms with Crippen molar-refractivity contribution in [2.45, 2.75) is 6.92 Å². The molecule has 0 N–H and O–H groups in total. The lowest BCUT2D eigenvalue weighted by atomic mass is 10.2. The molecule has 8 heteroatoms. The van der Waals surface area contributed by atoms with Gasteiger partial charge in [0.1, 0.15) is 4.32 Å². The number of rotatable bonds is 4. The predicted molar refractivity (Wildman–Crippen MR) is 98.0 cm³/mol. The van der Waals surface area contributed by atoms with Crippen molar-refractivity contribution >= 4 is 46.0 Å². The third kappa shape index (κ3) is 2.98. The topological polar surface area (TPSA) is 68.4 Å². The van der Waals surface area contributed by atoms with E-state index < -0.39 is 4.92 Å². The molecule has 6 nitrogen and oxygen atoms in total. The number of nitrogens with zero attached hydrogens (tertiary/aromatic N) is 3. The molecule has 122 valence electrons. The van der Waals surface area contributed by atoms with Crippen LogP contribution in [-0.4, -0.2) is 31.2 Å². The third-order valence-corrected chi connectivity index (χ3v) is 4.97. The Morgan fingerprint density at radius 3 is 2.58 bits per heavy atom. The van der Waals surface area contributed by atoms with Gasteiger partial charge in [-0.3, -0.25) is 19.8 Å². The number of carbonyl (C=O) groups is 1. The number of nitro benzene ring substituents is 1. The molecule has 0 spiro atoms. The summed E-state index contributed by atoms with van der Waals surface area (Å²) in [5, 5.41) is 10.8. The van der Waals surface area contributed by atoms with E-state index in [4.69, 9.17) is 12.2 Å². The second kappa shape index (κ2) is 6.58. The van der Waals surface area contributed by atoms with Crippen LogP contribution in [0.5, 0.6) is 0 Å². The lowest BCUT2D eigenvalue weighted by Crippen LogP contribution is -2.27. The summed E-state index contributed by atoms with van der Waals surface area (Å²) in [6.45, 7) is 2.43. The van der Waals surface area contributed by atoms with Crippen LogP contribution < -0.4 is 0 Å². The first kappa shape index (κ1) is 16.4. The van der Waals surface area contributed by atoms with Crippen LogP contribution in [0.4, 0.5) is 5.69 Å². The Hall–Kier alpha value is -2.45. The van der Waals surface area contributed by atoms with E-state index in [-0.39, 0.29) is 11.6 Å². The largest absolute Gasteiger partial charge is 0.317 e. The number of hydrogen-bond donors (Lipinski definition) is 0. The van der Waals surface area contributed by atoms with Gasteiger partial charge in [0.15, 0.2) is 0 Å². The molecule has 2 heterocycles. The van der Waals surface area contributed by atoms with Gasteiger partial charge in [0.25, 0.3) is 11.6 Å². The molecule has 0 saturated carbocycles. The van der Waals surface area contributed by atoms with E-state index in [0.717, 1.165) is 11.4 Å². The summed E-state index contributed by atoms with van der Waals surface area (Å²) in [7, 11) is 0. The highest BCUT2D eigenvalue weighted by Crippen LogP contribution is 2.32. The highest BCUT2D eigenvalue weighted by molar-refractivity contribution is 8.26. The standard InChI is InChI=1S/C16H13N3O3S2/c1-2-17-15(20)14(24-16(17)23)10-13-4-3-9-18(13)11-5-7-12(8-6-11)19(21)22/h3-10H,2H2,1H3/b14-10-. The Labute approximate surface area is 147 Å². The van der Waals surface area contributed by atoms with Crippen LogP contribution in [0.3, 0.4) is 0 Å². The van der Waals surface area contributed by atoms with Crippen molar-refractivity contribution in [2.75, 3.05) is 6.54 Å². The predicted octanol–water partition coefficient (Wildman–Crippen LogP) is 3.61. The molecule has 0 unspecified atom stereocenters. The summed E-state index contributed by atoms with van der Waals surface area (Å²) in [4.78, 5) is 24.8. The van der Waals surface area contributed by atoms with Crippen LogP contribution >= 0.6 is 24.0 Å². The van der Waals surface area contributed by atoms with E-state index in [0.29, 0.717) is 15.8 Å². The fourth-order valence-corrected chi connectivity index (χ4v) is 3.76. The number of thiocarbonyl (C=S) groups is 1. The van der Waals surface area contributed by atoms with Crippen molar-refractivity contribution in [3.63, 3.8) is 0 Å². The molecular weight excluding hydrogens is 346 g/mol. The molecule has 0 atom stereocenters. The smallest absolute Gasteiger partial charge is 0.269 e. The van der Waals surface area contributed by atoms with Crippen LogP contribution in [0, 0.1) is 10.1 Å². The van der Waals surface area contributed by atoms with Crippen LogP contribution in [-0.2, 0) is 4.79 Å². The van der Waals surface area contributed by atoms with E-state index in [1.807, 2.05) is 29.8 Å². The van der Waals surface area contributed by atoms with E-state index in [1.54, 1.807) is 23.1 Å². The minimum Gasteiger partial charge on any atom is -0.317 e. The Bertz CT molecular complexity index is 856. The van der Waals surface area contributed by atoms with Gasteiger partial charge in [-0.25, -0.2) is 0 Å². The Morgan fingerprint density at radius 1 is 1.29 bits per heavy atom. The summed E-state index contributed by atoms with van der Waals surface area (Å²) in [5.41, 5.74) is 1.62. The Balaban J connectivity index is 1.94. The molecule has 0 bridgehead atoms. The van der Waals surface area contributed by atoms with Gasteiger partial charge >= 0.3 is 0 Å². The van der Waals surface area contributed by atoms with Crippen molar-refractivity contribution in [3.05, 3.63) is 63.3 Å². The molecule has 0 aliphatic carbocycles. The number of likely N-dealkylation sites (N-methyl/N-ethyl adjacent to an activating group) is 1. The minimum absolute atomic E-state index is 0.0382. The lowest BCUT2D eigenvalue weighted by Gasteiger charge is -2.09. The van der Waals surface area contributed by atoms with Gasteiger partial charge in [-0.05, 0) is 37.3 Å². The van der Waals surface area contributed by atoms with Crippen molar-refractivity contribution in [1.29, 1.82) is 0 Å². The van der Waals surface area contributed by atoms with Crippen molar-refractivity contribution < 1.29 is 9.72 Å². The highest BCUT2D eigenvalue weighted by Gasteiger charge is 2.30. The number of aromatic nitrogens is 1. The highest BCUT2D eigenvalue weighted by atomic mass is 32.2. The lowest BCUT2D eigenvalue weighted by molar-refractivity contribution is -0.384. The van der Waals surface area contributed by atoms with Gasteiger partial charge in [0.05, 0.1) is 9.83 Å². The average molecular weight is 359 g/mol. The Morgan fingerprint density at radius 2 is 2.00 bits per heavy atom. The normalized spacial score (nSPS) is 16.2. The molecule has 1 aromatic carbocycles. The fourth-order valence-electron chi connectivity index (χ4n) is 2.39. The summed E-state index contributed by atoms with van der Waals surface area (Å²) in [6.07, 6.45) is 3.63. The monoisotopic (exact) mass is 359 g/mol. The van der Waals surface area contributed by atoms with Crippen LogP contribution in [0.2, 0.25) is 0 Å². The van der Waals surface area contributed by atoms with Gasteiger partial charge in [0, 0.05) is 36.3 Å². The van der Waals surface area contributed by atoms with Crippen LogP contribution in [0.25, 0.3) is 11.8 Å². The molecule has 1 amide bonds. The van der Waals surface area contributed by atoms with Gasteiger partial charge < -0.3 is 4.57 Å². The van der Waals surface area contributed by atoms with E-state index in [9.17, 15) is 14.9 Å². The number of nitro groups is 1. The quantitative estimate of drug-likeness (QED) is 0.361. The number of amides is 1. The summed E-state index contributed by atoms with van der Waals surface area (Å²) in [6, 6.07) is 9.98. The molecule has 24 heavy (non-hydrogen) atoms. The zero-order chi connectivity index (χ0) is 17.3. The van der Waals surface area contributed by atoms with Crippen LogP contribution in [0.1, 0.15) is 12.6 Å². The first-order chi connectivity index (χ1) is 11.5. The van der Waals surface area contributed by atoms with E-state index >= 15 is 0 Å². The first-order valence-corrected chi connectivity index (χ1v) is 8.41. The second-order valence-corrected chi connectivity index (χ2v) is 6.68. The SMILES string of the molecule is CCN1C(=O)/C(=C/c2cccn2-c2ccc([N+](=O)[O-])cc2)SC1=S. The molecule has 1 aromatic heterocycles. The van der Waals surface area contributed by atoms with Gasteiger partial charge in [-0.15, -0.1) is 0 Å². The summed E-state index contributed by atoms with van der Waals surface area (Å²) < 4.78 is 2.42. The molecular formula is C16H13N3O3S2. The van der Waals surface area contributed by atoms with Crippen molar-refractivity contribution in [3.8, 4) is 5.69 Å². The van der Waals surface area contributed by atoms with Crippen LogP contribution in [0.15, 0.2) is 47.5 Å². The van der Waals surface area contributed by atoms with Gasteiger partial charge in [-0.2, -0.15) is 0 Å². The van der Waals surface area contributed by atoms with E-state index in [2.05, 4.69) is 0 Å². The number of thioether (sulfide) groups is 1. The maximum absolute atomic E-state index is 12.3. The molecule has 1 saturated heterocycles. The van der Waals surface area contributed by atoms with Gasteiger partial charge in [0.2, 0.25) is 0 Å². The summed E-state index contributed by atoms with van der Waals surface area (Å²) >= 11 is 6.49. The molecule has 1 fully saturated rings. The zero-order valence-corrected chi connectivity index (χ0v) is 14.3. The number of non-ortho nitro benzene ring substituents is 1. The molecule has 2 aromatic rings. The van der Waals surface area contributed by atoms with Gasteiger partial charge in [-0.1, -0.05) is 24.0 Å². The number of benzene rings is 1. The second-order valence-electron chi connectivity index (χ2n) is 5.00. The zero-order valence-electron chi connectivity index (χ0n) is 12.7. The van der Waals surface area contributed by atoms with Crippen molar-refractivity contribution in [1.82, 2.24) is 9.47 Å². The summed E-state index contributed by atoms with van der Waals surface area (Å²) in [5.74, 6) is -0.0936.